The van der Waals surface area contributed by atoms with Crippen LogP contribution in [0.2, 0.25) is 5.02 Å². The third kappa shape index (κ3) is 4.22. The first-order valence-corrected chi connectivity index (χ1v) is 15.0. The molecule has 1 saturated heterocycles. The second-order valence-electron chi connectivity index (χ2n) is 10.7. The summed E-state index contributed by atoms with van der Waals surface area (Å²) in [5, 5.41) is 14.1. The van der Waals surface area contributed by atoms with E-state index < -0.39 is 15.4 Å². The third-order valence-corrected chi connectivity index (χ3v) is 10.4. The monoisotopic (exact) mass is 592 g/mol. The molecule has 210 valence electrons. The van der Waals surface area contributed by atoms with Crippen molar-refractivity contribution in [2.24, 2.45) is 18.9 Å². The number of fused-ring (bicyclic) bond motifs is 2. The summed E-state index contributed by atoms with van der Waals surface area (Å²) in [7, 11) is -2.22. The molecule has 3 aromatic carbocycles. The van der Waals surface area contributed by atoms with Crippen molar-refractivity contribution >= 4 is 32.5 Å². The van der Waals surface area contributed by atoms with Crippen LogP contribution in [0.4, 0.5) is 4.39 Å². The Bertz CT molecular complexity index is 1890. The third-order valence-electron chi connectivity index (χ3n) is 8.45. The fourth-order valence-corrected chi connectivity index (χ4v) is 7.93. The van der Waals surface area contributed by atoms with Crippen LogP contribution < -0.4 is 4.74 Å². The zero-order chi connectivity index (χ0) is 28.5. The van der Waals surface area contributed by atoms with Crippen molar-refractivity contribution < 1.29 is 17.5 Å². The SMILES string of the molecule is Cc1cc2c(cnn2-c2ccc(F)cc2)cc1[C@@]12CN(S(=O)(=O)c3cnn(C)n3)C[C@@H]1[C@H]2COc1ccc(Cl)cc1. The van der Waals surface area contributed by atoms with Gasteiger partial charge in [-0.15, -0.1) is 5.10 Å². The molecule has 0 unspecified atom stereocenters. The number of aromatic nitrogens is 5. The van der Waals surface area contributed by atoms with E-state index in [1.165, 1.54) is 27.4 Å². The van der Waals surface area contributed by atoms with Gasteiger partial charge in [0.05, 0.1) is 30.2 Å². The van der Waals surface area contributed by atoms with Crippen LogP contribution in [0.5, 0.6) is 5.75 Å². The molecule has 12 heteroatoms. The quantitative estimate of drug-likeness (QED) is 0.276. The number of benzene rings is 3. The van der Waals surface area contributed by atoms with Crippen molar-refractivity contribution in [1.29, 1.82) is 0 Å². The highest BCUT2D eigenvalue weighted by Gasteiger charge is 2.71. The molecular weight excluding hydrogens is 567 g/mol. The summed E-state index contributed by atoms with van der Waals surface area (Å²) in [6, 6.07) is 17.6. The molecule has 41 heavy (non-hydrogen) atoms. The fourth-order valence-electron chi connectivity index (χ4n) is 6.40. The molecule has 7 rings (SSSR count). The first-order chi connectivity index (χ1) is 19.7. The summed E-state index contributed by atoms with van der Waals surface area (Å²) in [6.45, 7) is 3.15. The molecule has 0 bridgehead atoms. The molecule has 2 fully saturated rings. The lowest BCUT2D eigenvalue weighted by Gasteiger charge is -2.24. The minimum absolute atomic E-state index is 0.0573. The van der Waals surface area contributed by atoms with Crippen molar-refractivity contribution in [3.8, 4) is 11.4 Å². The predicted octanol–water partition coefficient (Wildman–Crippen LogP) is 4.52. The van der Waals surface area contributed by atoms with Gasteiger partial charge in [0.25, 0.3) is 10.0 Å². The molecular formula is C29H26ClFN6O3S. The van der Waals surface area contributed by atoms with Crippen molar-refractivity contribution in [2.45, 2.75) is 17.4 Å². The Morgan fingerprint density at radius 3 is 2.54 bits per heavy atom. The standard InChI is InChI=1S/C29H26ClFN6O3S/c1-18-11-27-19(13-33-37(27)22-7-5-21(31)6-8-22)12-24(18)29-17-36(41(38,39)28-14-32-35(2)34-28)15-25(29)26(29)16-40-23-9-3-20(30)4-10-23/h3-14,25-26H,15-17H2,1-2H3/t25-,26-,29+/m1/s1. The maximum absolute atomic E-state index is 13.5. The van der Waals surface area contributed by atoms with E-state index in [2.05, 4.69) is 27.4 Å². The van der Waals surface area contributed by atoms with Crippen molar-refractivity contribution in [2.75, 3.05) is 19.7 Å². The van der Waals surface area contributed by atoms with E-state index in [1.54, 1.807) is 42.2 Å². The Morgan fingerprint density at radius 1 is 1.07 bits per heavy atom. The Labute approximate surface area is 241 Å². The summed E-state index contributed by atoms with van der Waals surface area (Å²) in [5.74, 6) is 0.572. The second kappa shape index (κ2) is 9.37. The summed E-state index contributed by atoms with van der Waals surface area (Å²) in [4.78, 5) is 1.25. The normalized spacial score (nSPS) is 22.2. The van der Waals surface area contributed by atoms with Crippen molar-refractivity contribution in [1.82, 2.24) is 29.1 Å². The van der Waals surface area contributed by atoms with E-state index >= 15 is 0 Å². The molecule has 3 atom stereocenters. The highest BCUT2D eigenvalue weighted by molar-refractivity contribution is 7.89. The highest BCUT2D eigenvalue weighted by Crippen LogP contribution is 2.65. The number of aryl methyl sites for hydroxylation is 2. The van der Waals surface area contributed by atoms with E-state index in [-0.39, 0.29) is 22.7 Å². The fraction of sp³-hybridized carbons (Fsp3) is 0.276. The number of piperidine rings is 1. The van der Waals surface area contributed by atoms with Gasteiger partial charge in [-0.25, -0.2) is 17.5 Å². The van der Waals surface area contributed by atoms with Crippen LogP contribution in [0.25, 0.3) is 16.6 Å². The predicted molar refractivity (Wildman–Crippen MR) is 151 cm³/mol. The molecule has 0 amide bonds. The van der Waals surface area contributed by atoms with Gasteiger partial charge in [-0.3, -0.25) is 0 Å². The number of rotatable bonds is 7. The van der Waals surface area contributed by atoms with Gasteiger partial charge in [0.15, 0.2) is 0 Å². The summed E-state index contributed by atoms with van der Waals surface area (Å²) in [6.07, 6.45) is 3.08. The maximum Gasteiger partial charge on any atom is 0.264 e. The summed E-state index contributed by atoms with van der Waals surface area (Å²) < 4.78 is 50.0. The van der Waals surface area contributed by atoms with Gasteiger partial charge in [0.1, 0.15) is 11.6 Å². The van der Waals surface area contributed by atoms with Crippen molar-refractivity contribution in [3.63, 3.8) is 0 Å². The van der Waals surface area contributed by atoms with Crippen LogP contribution in [0, 0.1) is 24.6 Å². The maximum atomic E-state index is 13.5. The molecule has 1 aliphatic carbocycles. The second-order valence-corrected chi connectivity index (χ2v) is 13.1. The Balaban J connectivity index is 1.26. The van der Waals surface area contributed by atoms with Crippen LogP contribution in [0.1, 0.15) is 11.1 Å². The van der Waals surface area contributed by atoms with Gasteiger partial charge in [-0.05, 0) is 84.6 Å². The summed E-state index contributed by atoms with van der Waals surface area (Å²) in [5.41, 5.74) is 3.32. The highest BCUT2D eigenvalue weighted by atomic mass is 35.5. The number of hydrogen-bond donors (Lipinski definition) is 0. The van der Waals surface area contributed by atoms with Crippen LogP contribution in [0.3, 0.4) is 0 Å². The lowest BCUT2D eigenvalue weighted by atomic mass is 9.88. The Morgan fingerprint density at radius 2 is 1.83 bits per heavy atom. The molecule has 2 aromatic heterocycles. The topological polar surface area (TPSA) is 95.1 Å². The van der Waals surface area contributed by atoms with E-state index in [1.807, 2.05) is 19.1 Å². The van der Waals surface area contributed by atoms with Crippen molar-refractivity contribution in [3.05, 3.63) is 95.0 Å². The van der Waals surface area contributed by atoms with Crippen LogP contribution in [0.15, 0.2) is 78.1 Å². The molecule has 3 heterocycles. The minimum atomic E-state index is -3.82. The molecule has 0 N–H and O–H groups in total. The largest absolute Gasteiger partial charge is 0.493 e. The molecule has 1 saturated carbocycles. The van der Waals surface area contributed by atoms with Gasteiger partial charge < -0.3 is 4.74 Å². The lowest BCUT2D eigenvalue weighted by molar-refractivity contribution is 0.261. The van der Waals surface area contributed by atoms with Crippen LogP contribution in [-0.4, -0.2) is 57.2 Å². The Hall–Kier alpha value is -3.80. The van der Waals surface area contributed by atoms with Crippen LogP contribution >= 0.6 is 11.6 Å². The molecule has 9 nitrogen and oxygen atoms in total. The van der Waals surface area contributed by atoms with Gasteiger partial charge >= 0.3 is 0 Å². The van der Waals surface area contributed by atoms with Gasteiger partial charge in [-0.1, -0.05) is 11.6 Å². The average Bonchev–Trinajstić information content (AvgIpc) is 3.41. The zero-order valence-corrected chi connectivity index (χ0v) is 23.8. The lowest BCUT2D eigenvalue weighted by Crippen LogP contribution is -2.36. The van der Waals surface area contributed by atoms with E-state index in [4.69, 9.17) is 16.3 Å². The number of ether oxygens (including phenoxy) is 1. The average molecular weight is 593 g/mol. The first-order valence-electron chi connectivity index (χ1n) is 13.2. The van der Waals surface area contributed by atoms with E-state index in [0.29, 0.717) is 30.5 Å². The molecule has 2 aliphatic rings. The smallest absolute Gasteiger partial charge is 0.264 e. The number of hydrogen-bond acceptors (Lipinski definition) is 6. The number of nitrogens with zero attached hydrogens (tertiary/aromatic N) is 6. The minimum Gasteiger partial charge on any atom is -0.493 e. The van der Waals surface area contributed by atoms with E-state index in [9.17, 15) is 12.8 Å². The number of halogens is 2. The molecule has 1 aliphatic heterocycles. The van der Waals surface area contributed by atoms with E-state index in [0.717, 1.165) is 27.7 Å². The summed E-state index contributed by atoms with van der Waals surface area (Å²) >= 11 is 6.04. The number of sulfonamides is 1. The molecule has 5 aromatic rings. The van der Waals surface area contributed by atoms with Crippen LogP contribution in [-0.2, 0) is 22.5 Å². The zero-order valence-electron chi connectivity index (χ0n) is 22.3. The van der Waals surface area contributed by atoms with Gasteiger partial charge in [-0.2, -0.15) is 19.3 Å². The molecule has 0 radical (unpaired) electrons. The first kappa shape index (κ1) is 26.1. The van der Waals surface area contributed by atoms with Gasteiger partial charge in [0.2, 0.25) is 5.03 Å². The molecule has 0 spiro atoms. The van der Waals surface area contributed by atoms with Gasteiger partial charge in [0, 0.05) is 41.9 Å². The Kier molecular flexibility index (Phi) is 5.97.